The van der Waals surface area contributed by atoms with Crippen molar-refractivity contribution in [1.82, 2.24) is 9.55 Å². The number of aromatic nitrogens is 2. The van der Waals surface area contributed by atoms with Crippen LogP contribution in [0.25, 0.3) is 11.0 Å². The van der Waals surface area contributed by atoms with Crippen molar-refractivity contribution in [3.8, 4) is 5.88 Å². The lowest BCUT2D eigenvalue weighted by atomic mass is 10.3. The first-order valence-electron chi connectivity index (χ1n) is 3.75. The van der Waals surface area contributed by atoms with Gasteiger partial charge in [0, 0.05) is 13.2 Å². The molecule has 0 aliphatic carbocycles. The van der Waals surface area contributed by atoms with Gasteiger partial charge in [0.15, 0.2) is 5.69 Å². The Morgan fingerprint density at radius 3 is 3.08 bits per heavy atom. The molecule has 0 saturated heterocycles. The van der Waals surface area contributed by atoms with Gasteiger partial charge < -0.3 is 5.11 Å². The Hall–Kier alpha value is -1.91. The van der Waals surface area contributed by atoms with E-state index in [1.54, 1.807) is 25.4 Å². The molecule has 5 nitrogen and oxygen atoms in total. The summed E-state index contributed by atoms with van der Waals surface area (Å²) in [6.07, 6.45) is 1.63. The Bertz CT molecular complexity index is 474. The Morgan fingerprint density at radius 2 is 2.38 bits per heavy atom. The maximum atomic E-state index is 9.53. The Kier molecular flexibility index (Phi) is 1.51. The number of rotatable bonds is 1. The first-order valence-corrected chi connectivity index (χ1v) is 3.75. The summed E-state index contributed by atoms with van der Waals surface area (Å²) in [4.78, 5) is 4.07. The van der Waals surface area contributed by atoms with Crippen molar-refractivity contribution in [2.75, 3.05) is 0 Å². The van der Waals surface area contributed by atoms with Crippen LogP contribution in [0.3, 0.4) is 0 Å². The van der Waals surface area contributed by atoms with E-state index in [0.717, 1.165) is 0 Å². The highest BCUT2D eigenvalue weighted by Gasteiger charge is 2.13. The normalized spacial score (nSPS) is 10.5. The number of pyridine rings is 1. The van der Waals surface area contributed by atoms with Gasteiger partial charge in [-0.1, -0.05) is 0 Å². The van der Waals surface area contributed by atoms with Crippen LogP contribution in [-0.4, -0.2) is 14.7 Å². The van der Waals surface area contributed by atoms with Crippen LogP contribution in [0.1, 0.15) is 0 Å². The first kappa shape index (κ1) is 7.72. The van der Waals surface area contributed by atoms with Crippen LogP contribution in [0.4, 0.5) is 5.69 Å². The van der Waals surface area contributed by atoms with Gasteiger partial charge in [-0.05, 0) is 12.1 Å². The molecule has 0 saturated carbocycles. The second-order valence-corrected chi connectivity index (χ2v) is 2.72. The smallest absolute Gasteiger partial charge is 0.221 e. The van der Waals surface area contributed by atoms with Gasteiger partial charge in [-0.25, -0.2) is 10.5 Å². The molecule has 0 aliphatic heterocycles. The van der Waals surface area contributed by atoms with Gasteiger partial charge in [0.2, 0.25) is 5.88 Å². The minimum Gasteiger partial charge on any atom is -0.493 e. The number of nitrogens with one attached hydrogen (secondary N) is 1. The molecule has 0 aromatic carbocycles. The molecule has 0 amide bonds. The summed E-state index contributed by atoms with van der Waals surface area (Å²) < 4.78 is 1.50. The third kappa shape index (κ3) is 0.900. The molecule has 2 aromatic rings. The maximum Gasteiger partial charge on any atom is 0.221 e. The molecule has 66 valence electrons. The number of aromatic hydroxyl groups is 1. The molecule has 0 fully saturated rings. The van der Waals surface area contributed by atoms with E-state index >= 15 is 0 Å². The highest BCUT2D eigenvalue weighted by atomic mass is 16.3. The van der Waals surface area contributed by atoms with Crippen molar-refractivity contribution in [2.45, 2.75) is 0 Å². The summed E-state index contributed by atoms with van der Waals surface area (Å²) in [5.74, 6) is -0.0244. The topological polar surface area (TPSA) is 74.3 Å². The Labute approximate surface area is 74.1 Å². The SMILES string of the molecule is Cn1c(O)c(N=N)c2cccnc21. The van der Waals surface area contributed by atoms with Crippen LogP contribution in [-0.2, 0) is 7.05 Å². The predicted octanol–water partition coefficient (Wildman–Crippen LogP) is 1.94. The fourth-order valence-electron chi connectivity index (χ4n) is 1.34. The van der Waals surface area contributed by atoms with Crippen molar-refractivity contribution >= 4 is 16.7 Å². The zero-order valence-electron chi connectivity index (χ0n) is 7.02. The largest absolute Gasteiger partial charge is 0.493 e. The van der Waals surface area contributed by atoms with E-state index in [-0.39, 0.29) is 11.6 Å². The van der Waals surface area contributed by atoms with Gasteiger partial charge in [0.1, 0.15) is 5.65 Å². The minimum absolute atomic E-state index is 0.0244. The average Bonchev–Trinajstić information content (AvgIpc) is 2.41. The third-order valence-corrected chi connectivity index (χ3v) is 2.00. The summed E-state index contributed by atoms with van der Waals surface area (Å²) in [5, 5.41) is 13.5. The predicted molar refractivity (Wildman–Crippen MR) is 47.2 cm³/mol. The number of aryl methyl sites for hydroxylation is 1. The Morgan fingerprint density at radius 1 is 1.62 bits per heavy atom. The van der Waals surface area contributed by atoms with Crippen LogP contribution in [0.2, 0.25) is 0 Å². The van der Waals surface area contributed by atoms with Crippen molar-refractivity contribution in [2.24, 2.45) is 12.2 Å². The molecule has 2 aromatic heterocycles. The molecule has 0 bridgehead atoms. The summed E-state index contributed by atoms with van der Waals surface area (Å²) >= 11 is 0. The van der Waals surface area contributed by atoms with Crippen LogP contribution in [0, 0.1) is 5.53 Å². The van der Waals surface area contributed by atoms with Gasteiger partial charge in [-0.2, -0.15) is 5.11 Å². The van der Waals surface area contributed by atoms with Gasteiger partial charge in [-0.3, -0.25) is 4.57 Å². The zero-order valence-corrected chi connectivity index (χ0v) is 7.02. The van der Waals surface area contributed by atoms with Gasteiger partial charge in [0.25, 0.3) is 0 Å². The molecular formula is C8H8N4O. The van der Waals surface area contributed by atoms with Gasteiger partial charge in [-0.15, -0.1) is 0 Å². The first-order chi connectivity index (χ1) is 6.25. The van der Waals surface area contributed by atoms with Gasteiger partial charge >= 0.3 is 0 Å². The number of fused-ring (bicyclic) bond motifs is 1. The van der Waals surface area contributed by atoms with Crippen LogP contribution >= 0.6 is 0 Å². The third-order valence-electron chi connectivity index (χ3n) is 2.00. The van der Waals surface area contributed by atoms with E-state index in [1.807, 2.05) is 0 Å². The maximum absolute atomic E-state index is 9.53. The standard InChI is InChI=1S/C8H8N4O/c1-12-7-5(3-2-4-10-7)6(11-9)8(12)13/h2-4,9,13H,1H3. The Balaban J connectivity index is 2.98. The van der Waals surface area contributed by atoms with E-state index in [0.29, 0.717) is 11.0 Å². The summed E-state index contributed by atoms with van der Waals surface area (Å²) in [6.45, 7) is 0. The van der Waals surface area contributed by atoms with E-state index < -0.39 is 0 Å². The fourth-order valence-corrected chi connectivity index (χ4v) is 1.34. The highest BCUT2D eigenvalue weighted by molar-refractivity contribution is 5.92. The fraction of sp³-hybridized carbons (Fsp3) is 0.125. The lowest BCUT2D eigenvalue weighted by molar-refractivity contribution is 0.435. The van der Waals surface area contributed by atoms with E-state index in [4.69, 9.17) is 5.53 Å². The van der Waals surface area contributed by atoms with Crippen molar-refractivity contribution in [3.05, 3.63) is 18.3 Å². The molecule has 5 heteroatoms. The second kappa shape index (κ2) is 2.55. The number of hydrogen-bond acceptors (Lipinski definition) is 4. The molecule has 0 atom stereocenters. The van der Waals surface area contributed by atoms with Gasteiger partial charge in [0.05, 0.1) is 5.39 Å². The molecule has 0 aliphatic rings. The highest BCUT2D eigenvalue weighted by Crippen LogP contribution is 2.35. The molecule has 2 heterocycles. The van der Waals surface area contributed by atoms with Crippen LogP contribution in [0.15, 0.2) is 23.4 Å². The molecule has 0 radical (unpaired) electrons. The van der Waals surface area contributed by atoms with E-state index in [2.05, 4.69) is 10.1 Å². The summed E-state index contributed by atoms with van der Waals surface area (Å²) in [7, 11) is 1.68. The summed E-state index contributed by atoms with van der Waals surface area (Å²) in [6, 6.07) is 3.52. The summed E-state index contributed by atoms with van der Waals surface area (Å²) in [5.41, 5.74) is 7.80. The molecule has 2 N–H and O–H groups in total. The average molecular weight is 176 g/mol. The molecule has 0 unspecified atom stereocenters. The van der Waals surface area contributed by atoms with E-state index in [9.17, 15) is 5.11 Å². The van der Waals surface area contributed by atoms with E-state index in [1.165, 1.54) is 4.57 Å². The van der Waals surface area contributed by atoms with Crippen LogP contribution in [0.5, 0.6) is 5.88 Å². The van der Waals surface area contributed by atoms with Crippen molar-refractivity contribution in [1.29, 1.82) is 5.53 Å². The van der Waals surface area contributed by atoms with Crippen molar-refractivity contribution < 1.29 is 5.11 Å². The lowest BCUT2D eigenvalue weighted by Gasteiger charge is -1.93. The molecule has 13 heavy (non-hydrogen) atoms. The monoisotopic (exact) mass is 176 g/mol. The number of nitrogens with zero attached hydrogens (tertiary/aromatic N) is 3. The van der Waals surface area contributed by atoms with Crippen LogP contribution < -0.4 is 0 Å². The van der Waals surface area contributed by atoms with Crippen molar-refractivity contribution in [3.63, 3.8) is 0 Å². The number of hydrogen-bond donors (Lipinski definition) is 2. The quantitative estimate of drug-likeness (QED) is 0.651. The zero-order chi connectivity index (χ0) is 9.42. The minimum atomic E-state index is -0.0244. The second-order valence-electron chi connectivity index (χ2n) is 2.72. The molecule has 2 rings (SSSR count). The molecular weight excluding hydrogens is 168 g/mol. The lowest BCUT2D eigenvalue weighted by Crippen LogP contribution is -1.87. The molecule has 0 spiro atoms.